The number of hydrogen-bond donors (Lipinski definition) is 2. The topological polar surface area (TPSA) is 49.3 Å². The summed E-state index contributed by atoms with van der Waals surface area (Å²) < 4.78 is 1.99. The van der Waals surface area contributed by atoms with E-state index in [9.17, 15) is 4.79 Å². The second kappa shape index (κ2) is 6.38. The van der Waals surface area contributed by atoms with Crippen molar-refractivity contribution in [1.29, 1.82) is 0 Å². The normalized spacial score (nSPS) is 10.2. The summed E-state index contributed by atoms with van der Waals surface area (Å²) in [6, 6.07) is 13.1. The first-order valence-corrected chi connectivity index (χ1v) is 7.44. The van der Waals surface area contributed by atoms with Crippen molar-refractivity contribution in [1.82, 2.24) is 0 Å². The van der Waals surface area contributed by atoms with Gasteiger partial charge in [0.25, 0.3) is 0 Å². The number of halogens is 2. The van der Waals surface area contributed by atoms with Gasteiger partial charge < -0.3 is 10.4 Å². The maximum atomic E-state index is 10.8. The summed E-state index contributed by atoms with van der Waals surface area (Å²) in [6.45, 7) is 0.640. The van der Waals surface area contributed by atoms with Crippen LogP contribution in [0.5, 0.6) is 0 Å². The van der Waals surface area contributed by atoms with Crippen molar-refractivity contribution in [2.24, 2.45) is 0 Å². The minimum absolute atomic E-state index is 0.282. The fraction of sp³-hybridized carbons (Fsp3) is 0.0714. The van der Waals surface area contributed by atoms with Gasteiger partial charge >= 0.3 is 5.97 Å². The average Bonchev–Trinajstić information content (AvgIpc) is 2.39. The van der Waals surface area contributed by atoms with Crippen LogP contribution < -0.4 is 5.32 Å². The van der Waals surface area contributed by atoms with Crippen LogP contribution in [0.1, 0.15) is 15.9 Å². The molecule has 2 aromatic carbocycles. The summed E-state index contributed by atoms with van der Waals surface area (Å²) in [7, 11) is 0. The Morgan fingerprint density at radius 3 is 2.47 bits per heavy atom. The molecule has 0 spiro atoms. The molecule has 0 unspecified atom stereocenters. The van der Waals surface area contributed by atoms with Crippen LogP contribution in [-0.2, 0) is 6.54 Å². The van der Waals surface area contributed by atoms with E-state index >= 15 is 0 Å². The Bertz CT molecular complexity index is 599. The fourth-order valence-electron chi connectivity index (χ4n) is 1.59. The largest absolute Gasteiger partial charge is 0.478 e. The van der Waals surface area contributed by atoms with Gasteiger partial charge in [0.1, 0.15) is 0 Å². The van der Waals surface area contributed by atoms with Crippen LogP contribution >= 0.6 is 38.5 Å². The predicted molar refractivity (Wildman–Crippen MR) is 87.6 cm³/mol. The number of carboxylic acid groups (broad SMARTS) is 1. The molecule has 0 aliphatic rings. The Kier molecular flexibility index (Phi) is 4.81. The molecular formula is C14H11BrINO2. The molecule has 2 N–H and O–H groups in total. The van der Waals surface area contributed by atoms with Gasteiger partial charge in [-0.25, -0.2) is 4.79 Å². The van der Waals surface area contributed by atoms with Crippen molar-refractivity contribution in [2.45, 2.75) is 6.54 Å². The first-order valence-electron chi connectivity index (χ1n) is 5.57. The number of benzene rings is 2. The Hall–Kier alpha value is -1.08. The quantitative estimate of drug-likeness (QED) is 0.707. The first kappa shape index (κ1) is 14.3. The second-order valence-corrected chi connectivity index (χ2v) is 6.07. The van der Waals surface area contributed by atoms with Crippen molar-refractivity contribution in [3.05, 3.63) is 61.6 Å². The van der Waals surface area contributed by atoms with Gasteiger partial charge in [-0.1, -0.05) is 22.0 Å². The highest BCUT2D eigenvalue weighted by Gasteiger charge is 2.06. The summed E-state index contributed by atoms with van der Waals surface area (Å²) >= 11 is 5.66. The monoisotopic (exact) mass is 431 g/mol. The lowest BCUT2D eigenvalue weighted by molar-refractivity contribution is 0.0697. The number of anilines is 1. The van der Waals surface area contributed by atoms with Crippen molar-refractivity contribution >= 4 is 50.2 Å². The van der Waals surface area contributed by atoms with Gasteiger partial charge in [0, 0.05) is 20.3 Å². The molecule has 0 atom stereocenters. The summed E-state index contributed by atoms with van der Waals surface area (Å²) in [4.78, 5) is 10.8. The molecular weight excluding hydrogens is 421 g/mol. The third-order valence-electron chi connectivity index (χ3n) is 2.63. The molecule has 0 fully saturated rings. The molecule has 0 heterocycles. The van der Waals surface area contributed by atoms with Crippen molar-refractivity contribution in [3.8, 4) is 0 Å². The van der Waals surface area contributed by atoms with E-state index in [-0.39, 0.29) is 5.56 Å². The third-order valence-corrected chi connectivity index (χ3v) is 4.08. The Morgan fingerprint density at radius 1 is 1.21 bits per heavy atom. The van der Waals surface area contributed by atoms with E-state index in [0.29, 0.717) is 6.54 Å². The zero-order valence-electron chi connectivity index (χ0n) is 9.86. The molecule has 2 rings (SSSR count). The Balaban J connectivity index is 2.07. The number of nitrogens with one attached hydrogen (secondary N) is 1. The number of hydrogen-bond acceptors (Lipinski definition) is 2. The van der Waals surface area contributed by atoms with Crippen LogP contribution in [0.15, 0.2) is 46.9 Å². The minimum atomic E-state index is -0.919. The van der Waals surface area contributed by atoms with E-state index in [0.717, 1.165) is 15.7 Å². The number of carboxylic acids is 1. The second-order valence-electron chi connectivity index (χ2n) is 3.97. The van der Waals surface area contributed by atoms with Gasteiger partial charge in [-0.05, 0) is 64.6 Å². The maximum Gasteiger partial charge on any atom is 0.335 e. The zero-order chi connectivity index (χ0) is 13.8. The molecule has 0 saturated heterocycles. The molecule has 0 aliphatic carbocycles. The molecule has 0 bridgehead atoms. The van der Waals surface area contributed by atoms with Gasteiger partial charge in [-0.3, -0.25) is 0 Å². The number of carbonyl (C=O) groups is 1. The lowest BCUT2D eigenvalue weighted by Gasteiger charge is -2.09. The van der Waals surface area contributed by atoms with E-state index in [4.69, 9.17) is 5.11 Å². The van der Waals surface area contributed by atoms with E-state index in [1.807, 2.05) is 30.3 Å². The molecule has 0 aliphatic heterocycles. The molecule has 2 aromatic rings. The van der Waals surface area contributed by atoms with Gasteiger partial charge in [0.15, 0.2) is 0 Å². The van der Waals surface area contributed by atoms with Gasteiger partial charge in [-0.15, -0.1) is 0 Å². The lowest BCUT2D eigenvalue weighted by atomic mass is 10.1. The first-order chi connectivity index (χ1) is 9.06. The summed E-state index contributed by atoms with van der Waals surface area (Å²) in [5.41, 5.74) is 2.34. The zero-order valence-corrected chi connectivity index (χ0v) is 13.6. The standard InChI is InChI=1S/C14H11BrINO2/c15-13-7-9(14(18)19)1-2-10(13)8-17-12-5-3-11(16)4-6-12/h1-7,17H,8H2,(H,18,19). The number of rotatable bonds is 4. The predicted octanol–water partition coefficient (Wildman–Crippen LogP) is 4.36. The van der Waals surface area contributed by atoms with Gasteiger partial charge in [-0.2, -0.15) is 0 Å². The highest BCUT2D eigenvalue weighted by molar-refractivity contribution is 14.1. The molecule has 0 saturated carbocycles. The van der Waals surface area contributed by atoms with Crippen LogP contribution in [0.2, 0.25) is 0 Å². The van der Waals surface area contributed by atoms with Gasteiger partial charge in [0.2, 0.25) is 0 Å². The molecule has 5 heteroatoms. The smallest absolute Gasteiger partial charge is 0.335 e. The fourth-order valence-corrected chi connectivity index (χ4v) is 2.47. The lowest BCUT2D eigenvalue weighted by Crippen LogP contribution is -2.02. The van der Waals surface area contributed by atoms with E-state index in [2.05, 4.69) is 43.8 Å². The highest BCUT2D eigenvalue weighted by atomic mass is 127. The minimum Gasteiger partial charge on any atom is -0.478 e. The molecule has 0 aromatic heterocycles. The van der Waals surface area contributed by atoms with Crippen LogP contribution in [-0.4, -0.2) is 11.1 Å². The van der Waals surface area contributed by atoms with E-state index in [1.54, 1.807) is 12.1 Å². The van der Waals surface area contributed by atoms with Crippen LogP contribution in [0.25, 0.3) is 0 Å². The highest BCUT2D eigenvalue weighted by Crippen LogP contribution is 2.20. The van der Waals surface area contributed by atoms with Crippen molar-refractivity contribution in [3.63, 3.8) is 0 Å². The number of aromatic carboxylic acids is 1. The van der Waals surface area contributed by atoms with Crippen LogP contribution in [0.3, 0.4) is 0 Å². The van der Waals surface area contributed by atoms with E-state index in [1.165, 1.54) is 3.57 Å². The molecule has 98 valence electrons. The molecule has 19 heavy (non-hydrogen) atoms. The maximum absolute atomic E-state index is 10.8. The Labute approximate surface area is 133 Å². The summed E-state index contributed by atoms with van der Waals surface area (Å²) in [5.74, 6) is -0.919. The van der Waals surface area contributed by atoms with Gasteiger partial charge in [0.05, 0.1) is 5.56 Å². The Morgan fingerprint density at radius 2 is 1.89 bits per heavy atom. The van der Waals surface area contributed by atoms with Crippen LogP contribution in [0, 0.1) is 3.57 Å². The van der Waals surface area contributed by atoms with Crippen molar-refractivity contribution in [2.75, 3.05) is 5.32 Å². The molecule has 3 nitrogen and oxygen atoms in total. The molecule has 0 amide bonds. The van der Waals surface area contributed by atoms with E-state index < -0.39 is 5.97 Å². The SMILES string of the molecule is O=C(O)c1ccc(CNc2ccc(I)cc2)c(Br)c1. The summed E-state index contributed by atoms with van der Waals surface area (Å²) in [5, 5.41) is 12.2. The van der Waals surface area contributed by atoms with Crippen LogP contribution in [0.4, 0.5) is 5.69 Å². The summed E-state index contributed by atoms with van der Waals surface area (Å²) in [6.07, 6.45) is 0. The van der Waals surface area contributed by atoms with Crippen molar-refractivity contribution < 1.29 is 9.90 Å². The average molecular weight is 432 g/mol. The molecule has 0 radical (unpaired) electrons. The third kappa shape index (κ3) is 3.94.